The highest BCUT2D eigenvalue weighted by atomic mass is 35.5. The van der Waals surface area contributed by atoms with Crippen LogP contribution in [0.3, 0.4) is 0 Å². The van der Waals surface area contributed by atoms with Gasteiger partial charge in [-0.15, -0.1) is 0 Å². The number of halogens is 1. The van der Waals surface area contributed by atoms with Crippen molar-refractivity contribution < 1.29 is 13.2 Å². The number of ether oxygens (including phenoxy) is 1. The Morgan fingerprint density at radius 3 is 2.76 bits per heavy atom. The molecule has 17 heavy (non-hydrogen) atoms. The summed E-state index contributed by atoms with van der Waals surface area (Å²) in [5.41, 5.74) is 0. The molecule has 0 unspecified atom stereocenters. The van der Waals surface area contributed by atoms with E-state index in [1.807, 2.05) is 0 Å². The van der Waals surface area contributed by atoms with Crippen molar-refractivity contribution >= 4 is 26.5 Å². The summed E-state index contributed by atoms with van der Waals surface area (Å²) in [5, 5.41) is 0.558. The van der Waals surface area contributed by atoms with E-state index in [0.29, 0.717) is 10.8 Å². The van der Waals surface area contributed by atoms with Crippen molar-refractivity contribution in [1.29, 1.82) is 0 Å². The van der Waals surface area contributed by atoms with Crippen LogP contribution in [0, 0.1) is 0 Å². The Balaban J connectivity index is 2.07. The lowest BCUT2D eigenvalue weighted by Crippen LogP contribution is -2.19. The number of rotatable bonds is 3. The van der Waals surface area contributed by atoms with Crippen LogP contribution in [-0.4, -0.2) is 20.1 Å². The molecule has 2 rings (SSSR count). The van der Waals surface area contributed by atoms with E-state index < -0.39 is 9.84 Å². The Morgan fingerprint density at radius 1 is 1.41 bits per heavy atom. The third kappa shape index (κ3) is 2.50. The number of hydrogen-bond donors (Lipinski definition) is 0. The van der Waals surface area contributed by atoms with Gasteiger partial charge in [-0.25, -0.2) is 13.4 Å². The molecule has 0 saturated heterocycles. The fraction of sp³-hybridized carbons (Fsp3) is 0.182. The van der Waals surface area contributed by atoms with Crippen LogP contribution in [-0.2, 0) is 9.84 Å². The standard InChI is InChI=1S/C11H10ClNO3S/c1-8-6-13-11(17(8,14)15)7-16-10-4-2-3-9(12)5-10/h2-6H,7H2,1H3. The molecule has 1 aliphatic heterocycles. The Bertz CT molecular complexity index is 605. The molecule has 0 atom stereocenters. The lowest BCUT2D eigenvalue weighted by atomic mass is 10.3. The monoisotopic (exact) mass is 271 g/mol. The zero-order valence-corrected chi connectivity index (χ0v) is 10.6. The summed E-state index contributed by atoms with van der Waals surface area (Å²) in [7, 11) is -3.39. The van der Waals surface area contributed by atoms with Gasteiger partial charge in [0, 0.05) is 11.2 Å². The Kier molecular flexibility index (Phi) is 3.22. The van der Waals surface area contributed by atoms with Gasteiger partial charge in [-0.05, 0) is 25.1 Å². The topological polar surface area (TPSA) is 55.7 Å². The largest absolute Gasteiger partial charge is 0.486 e. The van der Waals surface area contributed by atoms with Gasteiger partial charge in [0.1, 0.15) is 12.4 Å². The first kappa shape index (κ1) is 12.1. The van der Waals surface area contributed by atoms with Gasteiger partial charge < -0.3 is 4.74 Å². The van der Waals surface area contributed by atoms with Crippen molar-refractivity contribution in [2.75, 3.05) is 6.61 Å². The normalized spacial score (nSPS) is 17.5. The van der Waals surface area contributed by atoms with Gasteiger partial charge in [0.05, 0.1) is 4.91 Å². The molecule has 0 radical (unpaired) electrons. The van der Waals surface area contributed by atoms with Crippen molar-refractivity contribution in [3.8, 4) is 5.75 Å². The molecular formula is C11H10ClNO3S. The number of aliphatic imine (C=N–C) groups is 1. The van der Waals surface area contributed by atoms with Crippen LogP contribution in [0.25, 0.3) is 0 Å². The van der Waals surface area contributed by atoms with E-state index in [4.69, 9.17) is 16.3 Å². The quantitative estimate of drug-likeness (QED) is 0.848. The van der Waals surface area contributed by atoms with Crippen LogP contribution in [0.1, 0.15) is 6.92 Å². The Morgan fingerprint density at radius 2 is 2.18 bits per heavy atom. The molecule has 4 nitrogen and oxygen atoms in total. The van der Waals surface area contributed by atoms with Gasteiger partial charge in [-0.2, -0.15) is 0 Å². The summed E-state index contributed by atoms with van der Waals surface area (Å²) >= 11 is 5.78. The lowest BCUT2D eigenvalue weighted by molar-refractivity contribution is 0.378. The maximum atomic E-state index is 11.7. The SMILES string of the molecule is CC1=CN=C(COc2cccc(Cl)c2)S1(=O)=O. The summed E-state index contributed by atoms with van der Waals surface area (Å²) in [6, 6.07) is 6.76. The molecule has 0 aliphatic carbocycles. The summed E-state index contributed by atoms with van der Waals surface area (Å²) in [6.45, 7) is 1.42. The van der Waals surface area contributed by atoms with Gasteiger partial charge in [0.15, 0.2) is 5.04 Å². The molecule has 1 aromatic carbocycles. The van der Waals surface area contributed by atoms with E-state index in [1.165, 1.54) is 13.1 Å². The second-order valence-corrected chi connectivity index (χ2v) is 6.07. The molecular weight excluding hydrogens is 262 g/mol. The highest BCUT2D eigenvalue weighted by Gasteiger charge is 2.26. The van der Waals surface area contributed by atoms with Crippen LogP contribution in [0.2, 0.25) is 5.02 Å². The summed E-state index contributed by atoms with van der Waals surface area (Å²) in [4.78, 5) is 4.05. The number of allylic oxidation sites excluding steroid dienone is 1. The average Bonchev–Trinajstić information content (AvgIpc) is 2.52. The molecule has 1 heterocycles. The van der Waals surface area contributed by atoms with Crippen LogP contribution in [0.5, 0.6) is 5.75 Å². The highest BCUT2D eigenvalue weighted by molar-refractivity contribution is 8.10. The zero-order valence-electron chi connectivity index (χ0n) is 9.05. The maximum Gasteiger partial charge on any atom is 0.220 e. The summed E-state index contributed by atoms with van der Waals surface area (Å²) in [6.07, 6.45) is 1.33. The maximum absolute atomic E-state index is 11.7. The first-order chi connectivity index (χ1) is 8.00. The van der Waals surface area contributed by atoms with Crippen molar-refractivity contribution in [3.63, 3.8) is 0 Å². The minimum atomic E-state index is -3.39. The van der Waals surface area contributed by atoms with Gasteiger partial charge >= 0.3 is 0 Å². The molecule has 0 amide bonds. The summed E-state index contributed by atoms with van der Waals surface area (Å²) in [5.74, 6) is 0.514. The van der Waals surface area contributed by atoms with Gasteiger partial charge in [-0.3, -0.25) is 0 Å². The predicted molar refractivity (Wildman–Crippen MR) is 67.1 cm³/mol. The van der Waals surface area contributed by atoms with Crippen molar-refractivity contribution in [1.82, 2.24) is 0 Å². The van der Waals surface area contributed by atoms with Crippen LogP contribution in [0.15, 0.2) is 40.4 Å². The van der Waals surface area contributed by atoms with Crippen molar-refractivity contribution in [3.05, 3.63) is 40.4 Å². The smallest absolute Gasteiger partial charge is 0.220 e. The minimum absolute atomic E-state index is 0.0231. The second kappa shape index (κ2) is 4.50. The van der Waals surface area contributed by atoms with Crippen LogP contribution >= 0.6 is 11.6 Å². The minimum Gasteiger partial charge on any atom is -0.486 e. The van der Waals surface area contributed by atoms with Crippen molar-refractivity contribution in [2.24, 2.45) is 4.99 Å². The lowest BCUT2D eigenvalue weighted by Gasteiger charge is -2.06. The first-order valence-electron chi connectivity index (χ1n) is 4.87. The van der Waals surface area contributed by atoms with E-state index in [9.17, 15) is 8.42 Å². The fourth-order valence-corrected chi connectivity index (χ4v) is 2.45. The van der Waals surface area contributed by atoms with Crippen LogP contribution in [0.4, 0.5) is 0 Å². The first-order valence-corrected chi connectivity index (χ1v) is 6.73. The molecule has 90 valence electrons. The molecule has 1 aromatic rings. The van der Waals surface area contributed by atoms with Gasteiger partial charge in [0.2, 0.25) is 9.84 Å². The Labute approximate surface area is 104 Å². The predicted octanol–water partition coefficient (Wildman–Crippen LogP) is 2.41. The van der Waals surface area contributed by atoms with E-state index in [2.05, 4.69) is 4.99 Å². The third-order valence-corrected chi connectivity index (χ3v) is 4.31. The van der Waals surface area contributed by atoms with Gasteiger partial charge in [-0.1, -0.05) is 17.7 Å². The molecule has 0 aromatic heterocycles. The molecule has 6 heteroatoms. The van der Waals surface area contributed by atoms with Crippen molar-refractivity contribution in [2.45, 2.75) is 6.92 Å². The Hall–Kier alpha value is -1.33. The third-order valence-electron chi connectivity index (χ3n) is 2.28. The molecule has 0 bridgehead atoms. The molecule has 0 N–H and O–H groups in total. The van der Waals surface area contributed by atoms with E-state index in [1.54, 1.807) is 24.3 Å². The number of sulfone groups is 1. The number of hydrogen-bond acceptors (Lipinski definition) is 4. The van der Waals surface area contributed by atoms with E-state index in [0.717, 1.165) is 0 Å². The molecule has 0 spiro atoms. The fourth-order valence-electron chi connectivity index (χ4n) is 1.30. The number of nitrogens with zero attached hydrogens (tertiary/aromatic N) is 1. The van der Waals surface area contributed by atoms with Gasteiger partial charge in [0.25, 0.3) is 0 Å². The van der Waals surface area contributed by atoms with E-state index in [-0.39, 0.29) is 16.6 Å². The summed E-state index contributed by atoms with van der Waals surface area (Å²) < 4.78 is 28.7. The number of benzene rings is 1. The van der Waals surface area contributed by atoms with E-state index >= 15 is 0 Å². The molecule has 1 aliphatic rings. The zero-order chi connectivity index (χ0) is 12.5. The molecule has 0 saturated carbocycles. The average molecular weight is 272 g/mol. The van der Waals surface area contributed by atoms with Crippen LogP contribution < -0.4 is 4.74 Å². The second-order valence-electron chi connectivity index (χ2n) is 3.51. The highest BCUT2D eigenvalue weighted by Crippen LogP contribution is 2.20. The molecule has 0 fully saturated rings.